The number of carbonyl (C=O) groups is 3. The van der Waals surface area contributed by atoms with Crippen LogP contribution in [0.25, 0.3) is 6.08 Å². The summed E-state index contributed by atoms with van der Waals surface area (Å²) in [5.74, 6) is -0.553. The molecule has 4 amide bonds. The van der Waals surface area contributed by atoms with E-state index in [0.717, 1.165) is 20.5 Å². The van der Waals surface area contributed by atoms with Crippen LogP contribution in [0.15, 0.2) is 75.3 Å². The van der Waals surface area contributed by atoms with E-state index in [1.165, 1.54) is 12.3 Å². The number of rotatable bonds is 6. The first-order chi connectivity index (χ1) is 15.4. The van der Waals surface area contributed by atoms with E-state index in [1.807, 2.05) is 37.3 Å². The van der Waals surface area contributed by atoms with Gasteiger partial charge >= 0.3 is 6.03 Å². The molecule has 1 aromatic heterocycles. The molecule has 0 aliphatic carbocycles. The molecule has 1 aliphatic heterocycles. The number of nitrogens with zero attached hydrogens (tertiary/aromatic N) is 1. The lowest BCUT2D eigenvalue weighted by molar-refractivity contribution is -0.130. The third kappa shape index (κ3) is 4.81. The van der Waals surface area contributed by atoms with Crippen molar-refractivity contribution in [1.29, 1.82) is 0 Å². The predicted molar refractivity (Wildman–Crippen MR) is 120 cm³/mol. The average molecular weight is 495 g/mol. The number of aryl methyl sites for hydroxylation is 1. The maximum atomic E-state index is 13.0. The Morgan fingerprint density at radius 1 is 1.09 bits per heavy atom. The largest absolute Gasteiger partial charge is 0.488 e. The molecule has 0 atom stereocenters. The number of benzene rings is 2. The molecule has 0 radical (unpaired) electrons. The first-order valence-corrected chi connectivity index (χ1v) is 10.6. The minimum atomic E-state index is -0.793. The number of nitrogens with one attached hydrogen (secondary N) is 1. The van der Waals surface area contributed by atoms with Crippen molar-refractivity contribution < 1.29 is 23.5 Å². The normalized spacial score (nSPS) is 15.2. The third-order valence-corrected chi connectivity index (χ3v) is 5.36. The second-order valence-corrected chi connectivity index (χ2v) is 8.16. The molecule has 2 aromatic carbocycles. The van der Waals surface area contributed by atoms with Crippen molar-refractivity contribution in [3.05, 3.63) is 93.4 Å². The molecule has 0 bridgehead atoms. The van der Waals surface area contributed by atoms with Crippen LogP contribution in [0.1, 0.15) is 22.5 Å². The van der Waals surface area contributed by atoms with E-state index in [4.69, 9.17) is 9.15 Å². The van der Waals surface area contributed by atoms with Gasteiger partial charge in [0.15, 0.2) is 0 Å². The van der Waals surface area contributed by atoms with E-state index < -0.39 is 17.8 Å². The molecule has 1 fully saturated rings. The molecule has 7 nitrogen and oxygen atoms in total. The van der Waals surface area contributed by atoms with Gasteiger partial charge < -0.3 is 9.15 Å². The third-order valence-electron chi connectivity index (χ3n) is 4.87. The van der Waals surface area contributed by atoms with Gasteiger partial charge in [-0.2, -0.15) is 0 Å². The fourth-order valence-electron chi connectivity index (χ4n) is 3.16. The molecule has 1 N–H and O–H groups in total. The van der Waals surface area contributed by atoms with Crippen molar-refractivity contribution in [2.45, 2.75) is 20.1 Å². The summed E-state index contributed by atoms with van der Waals surface area (Å²) in [6.45, 7) is 2.24. The number of halogens is 1. The molecule has 32 heavy (non-hydrogen) atoms. The van der Waals surface area contributed by atoms with Gasteiger partial charge in [0.05, 0.1) is 12.8 Å². The monoisotopic (exact) mass is 494 g/mol. The van der Waals surface area contributed by atoms with Crippen molar-refractivity contribution in [2.75, 3.05) is 0 Å². The van der Waals surface area contributed by atoms with Crippen LogP contribution < -0.4 is 10.1 Å². The smallest absolute Gasteiger partial charge is 0.331 e. The molecule has 1 saturated heterocycles. The fraction of sp³-hybridized carbons (Fsp3) is 0.125. The lowest BCUT2D eigenvalue weighted by atomic mass is 10.1. The average Bonchev–Trinajstić information content (AvgIpc) is 3.28. The standard InChI is InChI=1S/C24H19BrN2O5/c1-15-4-6-16(7-5-15)14-32-21-9-8-18(25)11-17(21)12-20-22(28)26-24(30)27(23(20)29)13-19-3-2-10-31-19/h2-12H,13-14H2,1H3,(H,26,28,30). The second-order valence-electron chi connectivity index (χ2n) is 7.24. The van der Waals surface area contributed by atoms with Gasteiger partial charge in [0.1, 0.15) is 23.7 Å². The minimum absolute atomic E-state index is 0.0858. The Kier molecular flexibility index (Phi) is 6.23. The van der Waals surface area contributed by atoms with Crippen LogP contribution in [0.5, 0.6) is 5.75 Å². The predicted octanol–water partition coefficient (Wildman–Crippen LogP) is 4.59. The van der Waals surface area contributed by atoms with E-state index in [9.17, 15) is 14.4 Å². The van der Waals surface area contributed by atoms with Crippen molar-refractivity contribution >= 4 is 39.9 Å². The molecular weight excluding hydrogens is 476 g/mol. The van der Waals surface area contributed by atoms with Gasteiger partial charge in [0, 0.05) is 10.0 Å². The lowest BCUT2D eigenvalue weighted by Crippen LogP contribution is -2.53. The molecular formula is C24H19BrN2O5. The van der Waals surface area contributed by atoms with E-state index in [0.29, 0.717) is 23.7 Å². The Bertz CT molecular complexity index is 1200. The molecule has 0 unspecified atom stereocenters. The molecule has 8 heteroatoms. The maximum absolute atomic E-state index is 13.0. The number of carbonyl (C=O) groups excluding carboxylic acids is 3. The van der Waals surface area contributed by atoms with Gasteiger partial charge in [-0.05, 0) is 48.9 Å². The Balaban J connectivity index is 1.61. The number of furan rings is 1. The van der Waals surface area contributed by atoms with Gasteiger partial charge in [0.25, 0.3) is 11.8 Å². The Labute approximate surface area is 192 Å². The number of amides is 4. The SMILES string of the molecule is Cc1ccc(COc2ccc(Br)cc2C=C2C(=O)NC(=O)N(Cc3ccco3)C2=O)cc1. The van der Waals surface area contributed by atoms with Crippen molar-refractivity contribution in [2.24, 2.45) is 0 Å². The summed E-state index contributed by atoms with van der Waals surface area (Å²) >= 11 is 3.41. The first-order valence-electron chi connectivity index (χ1n) is 9.80. The zero-order chi connectivity index (χ0) is 22.7. The van der Waals surface area contributed by atoms with Gasteiger partial charge in [-0.3, -0.25) is 19.8 Å². The van der Waals surface area contributed by atoms with Crippen LogP contribution in [0.3, 0.4) is 0 Å². The highest BCUT2D eigenvalue weighted by molar-refractivity contribution is 9.10. The van der Waals surface area contributed by atoms with Crippen molar-refractivity contribution in [1.82, 2.24) is 10.2 Å². The zero-order valence-corrected chi connectivity index (χ0v) is 18.7. The molecule has 3 aromatic rings. The molecule has 4 rings (SSSR count). The summed E-state index contributed by atoms with van der Waals surface area (Å²) in [6.07, 6.45) is 2.87. The number of hydrogen-bond donors (Lipinski definition) is 1. The number of ether oxygens (including phenoxy) is 1. The first kappa shape index (κ1) is 21.6. The van der Waals surface area contributed by atoms with E-state index >= 15 is 0 Å². The Morgan fingerprint density at radius 2 is 1.88 bits per heavy atom. The second kappa shape index (κ2) is 9.23. The van der Waals surface area contributed by atoms with Crippen LogP contribution in [-0.4, -0.2) is 22.7 Å². The van der Waals surface area contributed by atoms with E-state index in [-0.39, 0.29) is 12.1 Å². The zero-order valence-electron chi connectivity index (χ0n) is 17.1. The van der Waals surface area contributed by atoms with Crippen LogP contribution in [0.2, 0.25) is 0 Å². The number of barbiturate groups is 1. The van der Waals surface area contributed by atoms with Crippen LogP contribution in [0, 0.1) is 6.92 Å². The topological polar surface area (TPSA) is 88.8 Å². The van der Waals surface area contributed by atoms with Crippen LogP contribution in [0.4, 0.5) is 4.79 Å². The fourth-order valence-corrected chi connectivity index (χ4v) is 3.54. The highest BCUT2D eigenvalue weighted by atomic mass is 79.9. The van der Waals surface area contributed by atoms with Crippen LogP contribution >= 0.6 is 15.9 Å². The molecule has 1 aliphatic rings. The summed E-state index contributed by atoms with van der Waals surface area (Å²) in [6, 6.07) is 15.8. The molecule has 2 heterocycles. The van der Waals surface area contributed by atoms with Crippen molar-refractivity contribution in [3.8, 4) is 5.75 Å². The maximum Gasteiger partial charge on any atom is 0.331 e. The summed E-state index contributed by atoms with van der Waals surface area (Å²) in [7, 11) is 0. The van der Waals surface area contributed by atoms with Crippen molar-refractivity contribution in [3.63, 3.8) is 0 Å². The summed E-state index contributed by atoms with van der Waals surface area (Å²) in [5, 5.41) is 2.20. The Morgan fingerprint density at radius 3 is 2.59 bits per heavy atom. The molecule has 0 saturated carbocycles. The molecule has 162 valence electrons. The number of hydrogen-bond acceptors (Lipinski definition) is 5. The van der Waals surface area contributed by atoms with Gasteiger partial charge in [0.2, 0.25) is 0 Å². The molecule has 0 spiro atoms. The van der Waals surface area contributed by atoms with E-state index in [1.54, 1.807) is 24.3 Å². The quantitative estimate of drug-likeness (QED) is 0.399. The highest BCUT2D eigenvalue weighted by Crippen LogP contribution is 2.28. The summed E-state index contributed by atoms with van der Waals surface area (Å²) < 4.78 is 11.9. The number of urea groups is 1. The minimum Gasteiger partial charge on any atom is -0.488 e. The highest BCUT2D eigenvalue weighted by Gasteiger charge is 2.36. The van der Waals surface area contributed by atoms with E-state index in [2.05, 4.69) is 21.2 Å². The van der Waals surface area contributed by atoms with Gasteiger partial charge in [-0.1, -0.05) is 45.8 Å². The Hall–Kier alpha value is -3.65. The van der Waals surface area contributed by atoms with Gasteiger partial charge in [-0.15, -0.1) is 0 Å². The number of imide groups is 2. The lowest BCUT2D eigenvalue weighted by Gasteiger charge is -2.25. The van der Waals surface area contributed by atoms with Gasteiger partial charge in [-0.25, -0.2) is 4.79 Å². The summed E-state index contributed by atoms with van der Waals surface area (Å²) in [4.78, 5) is 38.6. The van der Waals surface area contributed by atoms with Crippen LogP contribution in [-0.2, 0) is 22.7 Å². The summed E-state index contributed by atoms with van der Waals surface area (Å²) in [5.41, 5.74) is 2.49.